The van der Waals surface area contributed by atoms with E-state index in [-0.39, 0.29) is 36.3 Å². The largest absolute Gasteiger partial charge is 0.442 e. The lowest BCUT2D eigenvalue weighted by Gasteiger charge is -2.16. The number of aromatic amines is 1. The predicted octanol–water partition coefficient (Wildman–Crippen LogP) is 3.06. The van der Waals surface area contributed by atoms with Crippen LogP contribution in [0.5, 0.6) is 0 Å². The van der Waals surface area contributed by atoms with Crippen LogP contribution in [0.1, 0.15) is 31.1 Å². The van der Waals surface area contributed by atoms with Gasteiger partial charge in [0.15, 0.2) is 0 Å². The lowest BCUT2D eigenvalue weighted by atomic mass is 10.0. The van der Waals surface area contributed by atoms with Crippen molar-refractivity contribution in [3.05, 3.63) is 65.5 Å². The number of ether oxygens (including phenoxy) is 1. The van der Waals surface area contributed by atoms with Crippen molar-refractivity contribution in [2.75, 3.05) is 18.0 Å². The number of benzene rings is 2. The number of aromatic nitrogens is 3. The van der Waals surface area contributed by atoms with Crippen LogP contribution in [0.3, 0.4) is 0 Å². The van der Waals surface area contributed by atoms with E-state index in [9.17, 15) is 18.4 Å². The fourth-order valence-corrected chi connectivity index (χ4v) is 3.67. The van der Waals surface area contributed by atoms with Crippen LogP contribution in [-0.2, 0) is 16.1 Å². The lowest BCUT2D eigenvalue weighted by Crippen LogP contribution is -2.33. The van der Waals surface area contributed by atoms with Crippen molar-refractivity contribution in [2.45, 2.75) is 32.5 Å². The van der Waals surface area contributed by atoms with Gasteiger partial charge in [-0.15, -0.1) is 0 Å². The summed E-state index contributed by atoms with van der Waals surface area (Å²) in [4.78, 5) is 24.4. The summed E-state index contributed by atoms with van der Waals surface area (Å²) in [6, 6.07) is 9.06. The molecule has 1 aliphatic rings. The number of hydrogen-bond acceptors (Lipinski definition) is 6. The Bertz CT molecular complexity index is 1150. The van der Waals surface area contributed by atoms with Crippen LogP contribution in [0.4, 0.5) is 19.3 Å². The summed E-state index contributed by atoms with van der Waals surface area (Å²) in [5, 5.41) is 16.2. The maximum absolute atomic E-state index is 14.9. The van der Waals surface area contributed by atoms with Crippen LogP contribution < -0.4 is 15.5 Å². The van der Waals surface area contributed by atoms with E-state index in [4.69, 9.17) is 4.74 Å². The van der Waals surface area contributed by atoms with E-state index in [2.05, 4.69) is 26.0 Å². The first-order valence-corrected chi connectivity index (χ1v) is 10.7. The minimum absolute atomic E-state index is 0.0176. The maximum Gasteiger partial charge on any atom is 0.414 e. The van der Waals surface area contributed by atoms with Crippen molar-refractivity contribution in [2.24, 2.45) is 0 Å². The molecular formula is C23H24F2N6O3. The van der Waals surface area contributed by atoms with E-state index < -0.39 is 23.8 Å². The standard InChI is InChI=1S/C23H24F2N6O3/c1-13(21-11-28-30-29-21)26-9-15-3-5-16(6-4-15)22-19(24)7-17(8-20(22)25)31-12-18(34-23(31)33)10-27-14(2)32/h3-8,11,13,18,26H,9-10,12H2,1-2H3,(H,27,32)(H,28,29,30)/t13-,18+/m1/s1. The molecule has 3 aromatic rings. The van der Waals surface area contributed by atoms with E-state index in [1.54, 1.807) is 30.5 Å². The van der Waals surface area contributed by atoms with E-state index >= 15 is 0 Å². The van der Waals surface area contributed by atoms with Crippen LogP contribution in [0.25, 0.3) is 11.1 Å². The Morgan fingerprint density at radius 3 is 2.59 bits per heavy atom. The third kappa shape index (κ3) is 5.20. The van der Waals surface area contributed by atoms with E-state index in [1.165, 1.54) is 6.92 Å². The van der Waals surface area contributed by atoms with Crippen LogP contribution >= 0.6 is 0 Å². The van der Waals surface area contributed by atoms with Crippen molar-refractivity contribution in [1.29, 1.82) is 0 Å². The van der Waals surface area contributed by atoms with Crippen molar-refractivity contribution >= 4 is 17.7 Å². The number of rotatable bonds is 8. The monoisotopic (exact) mass is 470 g/mol. The molecule has 0 radical (unpaired) electrons. The molecule has 1 fully saturated rings. The lowest BCUT2D eigenvalue weighted by molar-refractivity contribution is -0.119. The summed E-state index contributed by atoms with van der Waals surface area (Å²) < 4.78 is 35.0. The highest BCUT2D eigenvalue weighted by Gasteiger charge is 2.33. The fourth-order valence-electron chi connectivity index (χ4n) is 3.67. The third-order valence-electron chi connectivity index (χ3n) is 5.52. The number of hydrogen-bond donors (Lipinski definition) is 3. The molecule has 4 rings (SSSR count). The molecule has 1 saturated heterocycles. The summed E-state index contributed by atoms with van der Waals surface area (Å²) in [6.07, 6.45) is 0.315. The Balaban J connectivity index is 1.44. The molecule has 0 aliphatic carbocycles. The number of carbonyl (C=O) groups excluding carboxylic acids is 2. The Morgan fingerprint density at radius 1 is 1.26 bits per heavy atom. The van der Waals surface area contributed by atoms with Crippen LogP contribution in [0.2, 0.25) is 0 Å². The van der Waals surface area contributed by atoms with Gasteiger partial charge in [0.1, 0.15) is 17.7 Å². The van der Waals surface area contributed by atoms with Gasteiger partial charge in [0.05, 0.1) is 42.3 Å². The van der Waals surface area contributed by atoms with Gasteiger partial charge in [0, 0.05) is 13.5 Å². The number of nitrogens with one attached hydrogen (secondary N) is 3. The predicted molar refractivity (Wildman–Crippen MR) is 120 cm³/mol. The zero-order valence-corrected chi connectivity index (χ0v) is 18.6. The number of anilines is 1. The normalized spacial score (nSPS) is 16.4. The second-order valence-corrected chi connectivity index (χ2v) is 8.03. The summed E-state index contributed by atoms with van der Waals surface area (Å²) in [5.41, 5.74) is 1.96. The van der Waals surface area contributed by atoms with Gasteiger partial charge in [-0.25, -0.2) is 13.6 Å². The Hall–Kier alpha value is -3.86. The van der Waals surface area contributed by atoms with E-state index in [0.717, 1.165) is 28.3 Å². The van der Waals surface area contributed by atoms with Gasteiger partial charge in [-0.2, -0.15) is 15.4 Å². The Morgan fingerprint density at radius 2 is 1.97 bits per heavy atom. The zero-order valence-electron chi connectivity index (χ0n) is 18.6. The summed E-state index contributed by atoms with van der Waals surface area (Å²) in [5.74, 6) is -1.85. The topological polar surface area (TPSA) is 112 Å². The maximum atomic E-state index is 14.9. The second kappa shape index (κ2) is 9.96. The molecule has 0 unspecified atom stereocenters. The quantitative estimate of drug-likeness (QED) is 0.467. The van der Waals surface area contributed by atoms with Gasteiger partial charge in [0.25, 0.3) is 0 Å². The highest BCUT2D eigenvalue weighted by molar-refractivity contribution is 5.90. The molecule has 0 bridgehead atoms. The van der Waals surface area contributed by atoms with Crippen molar-refractivity contribution in [3.8, 4) is 11.1 Å². The molecule has 1 aromatic heterocycles. The molecule has 3 N–H and O–H groups in total. The first-order valence-electron chi connectivity index (χ1n) is 10.7. The summed E-state index contributed by atoms with van der Waals surface area (Å²) in [7, 11) is 0. The van der Waals surface area contributed by atoms with Crippen molar-refractivity contribution < 1.29 is 23.1 Å². The number of nitrogens with zero attached hydrogens (tertiary/aromatic N) is 3. The number of halogens is 2. The summed E-state index contributed by atoms with van der Waals surface area (Å²) in [6.45, 7) is 4.04. The molecule has 34 heavy (non-hydrogen) atoms. The van der Waals surface area contributed by atoms with Crippen LogP contribution in [-0.4, -0.2) is 46.6 Å². The van der Waals surface area contributed by atoms with Crippen molar-refractivity contribution in [1.82, 2.24) is 26.0 Å². The molecule has 11 heteroatoms. The molecule has 0 saturated carbocycles. The van der Waals surface area contributed by atoms with Crippen molar-refractivity contribution in [3.63, 3.8) is 0 Å². The molecule has 0 spiro atoms. The SMILES string of the molecule is CC(=O)NC[C@H]1CN(c2cc(F)c(-c3ccc(CN[C@H](C)c4cn[nH]n4)cc3)c(F)c2)C(=O)O1. The highest BCUT2D eigenvalue weighted by atomic mass is 19.1. The first kappa shape index (κ1) is 23.3. The Labute approximate surface area is 194 Å². The molecule has 178 valence electrons. The average Bonchev–Trinajstić information content (AvgIpc) is 3.46. The molecule has 2 amide bonds. The molecular weight excluding hydrogens is 446 g/mol. The average molecular weight is 470 g/mol. The molecule has 1 aliphatic heterocycles. The van der Waals surface area contributed by atoms with Crippen LogP contribution in [0, 0.1) is 11.6 Å². The molecule has 2 heterocycles. The summed E-state index contributed by atoms with van der Waals surface area (Å²) >= 11 is 0. The zero-order chi connectivity index (χ0) is 24.2. The highest BCUT2D eigenvalue weighted by Crippen LogP contribution is 2.32. The van der Waals surface area contributed by atoms with Gasteiger partial charge in [0.2, 0.25) is 5.91 Å². The number of cyclic esters (lactones) is 1. The van der Waals surface area contributed by atoms with Gasteiger partial charge in [-0.05, 0) is 30.2 Å². The van der Waals surface area contributed by atoms with Gasteiger partial charge in [-0.3, -0.25) is 9.69 Å². The minimum atomic E-state index is -0.793. The molecule has 2 atom stereocenters. The van der Waals surface area contributed by atoms with Gasteiger partial charge in [-0.1, -0.05) is 24.3 Å². The smallest absolute Gasteiger partial charge is 0.414 e. The third-order valence-corrected chi connectivity index (χ3v) is 5.52. The van der Waals surface area contributed by atoms with E-state index in [1.807, 2.05) is 6.92 Å². The van der Waals surface area contributed by atoms with Gasteiger partial charge < -0.3 is 15.4 Å². The number of carbonyl (C=O) groups is 2. The van der Waals surface area contributed by atoms with Gasteiger partial charge >= 0.3 is 6.09 Å². The minimum Gasteiger partial charge on any atom is -0.442 e. The van der Waals surface area contributed by atoms with Crippen LogP contribution in [0.15, 0.2) is 42.6 Å². The molecule has 9 nitrogen and oxygen atoms in total. The first-order chi connectivity index (χ1) is 16.3. The molecule has 2 aromatic carbocycles. The Kier molecular flexibility index (Phi) is 6.82. The fraction of sp³-hybridized carbons (Fsp3) is 0.304. The second-order valence-electron chi connectivity index (χ2n) is 8.03. The number of amides is 2. The number of H-pyrrole nitrogens is 1. The van der Waals surface area contributed by atoms with E-state index in [0.29, 0.717) is 12.1 Å².